The quantitative estimate of drug-likeness (QED) is 0.699. The minimum atomic E-state index is -1.55. The van der Waals surface area contributed by atoms with E-state index in [2.05, 4.69) is 10.2 Å². The van der Waals surface area contributed by atoms with E-state index in [4.69, 9.17) is 9.47 Å². The summed E-state index contributed by atoms with van der Waals surface area (Å²) in [6.07, 6.45) is 1.61. The molecule has 2 aromatic carbocycles. The van der Waals surface area contributed by atoms with Gasteiger partial charge in [-0.15, -0.1) is 0 Å². The number of hydrogen-bond donors (Lipinski definition) is 2. The van der Waals surface area contributed by atoms with E-state index in [-0.39, 0.29) is 0 Å². The van der Waals surface area contributed by atoms with Crippen LogP contribution in [0.5, 0.6) is 11.5 Å². The summed E-state index contributed by atoms with van der Waals surface area (Å²) in [6, 6.07) is 10.5. The number of nitrogens with zero attached hydrogens (tertiary/aromatic N) is 2. The molecular formula is C16H15BN2O4. The van der Waals surface area contributed by atoms with Gasteiger partial charge >= 0.3 is 7.12 Å². The molecular weight excluding hydrogens is 295 g/mol. The van der Waals surface area contributed by atoms with E-state index >= 15 is 0 Å². The number of fused-ring (bicyclic) bond motifs is 1. The zero-order chi connectivity index (χ0) is 16.4. The summed E-state index contributed by atoms with van der Waals surface area (Å²) in [5, 5.41) is 27.7. The third-order valence-corrected chi connectivity index (χ3v) is 3.65. The third-order valence-electron chi connectivity index (χ3n) is 3.65. The van der Waals surface area contributed by atoms with E-state index in [9.17, 15) is 10.0 Å². The first-order valence-electron chi connectivity index (χ1n) is 6.98. The van der Waals surface area contributed by atoms with Crippen molar-refractivity contribution < 1.29 is 19.5 Å². The van der Waals surface area contributed by atoms with Crippen LogP contribution in [0.3, 0.4) is 0 Å². The Kier molecular flexibility index (Phi) is 4.14. The van der Waals surface area contributed by atoms with Gasteiger partial charge in [-0.2, -0.15) is 10.2 Å². The Morgan fingerprint density at radius 2 is 1.74 bits per heavy atom. The van der Waals surface area contributed by atoms with Crippen molar-refractivity contribution in [2.75, 3.05) is 14.2 Å². The summed E-state index contributed by atoms with van der Waals surface area (Å²) in [6.45, 7) is 0. The van der Waals surface area contributed by atoms with Crippen molar-refractivity contribution in [3.8, 4) is 22.6 Å². The van der Waals surface area contributed by atoms with Gasteiger partial charge in [0.05, 0.1) is 25.9 Å². The molecule has 0 radical (unpaired) electrons. The number of hydrogen-bond acceptors (Lipinski definition) is 6. The zero-order valence-corrected chi connectivity index (χ0v) is 12.7. The first-order valence-corrected chi connectivity index (χ1v) is 6.98. The van der Waals surface area contributed by atoms with Gasteiger partial charge in [0.1, 0.15) is 11.5 Å². The van der Waals surface area contributed by atoms with Gasteiger partial charge in [-0.05, 0) is 35.3 Å². The van der Waals surface area contributed by atoms with Gasteiger partial charge in [0, 0.05) is 10.9 Å². The molecule has 0 saturated carbocycles. The van der Waals surface area contributed by atoms with Gasteiger partial charge in [0.25, 0.3) is 0 Å². The third kappa shape index (κ3) is 2.84. The Morgan fingerprint density at radius 1 is 0.957 bits per heavy atom. The summed E-state index contributed by atoms with van der Waals surface area (Å²) in [7, 11) is 1.59. The fourth-order valence-electron chi connectivity index (χ4n) is 2.50. The van der Waals surface area contributed by atoms with Crippen molar-refractivity contribution in [2.24, 2.45) is 0 Å². The summed E-state index contributed by atoms with van der Waals surface area (Å²) >= 11 is 0. The number of aromatic nitrogens is 2. The second-order valence-corrected chi connectivity index (χ2v) is 4.98. The molecule has 3 rings (SSSR count). The molecule has 7 heteroatoms. The van der Waals surface area contributed by atoms with Crippen molar-refractivity contribution >= 4 is 23.5 Å². The second kappa shape index (κ2) is 6.24. The highest BCUT2D eigenvalue weighted by molar-refractivity contribution is 6.58. The number of ether oxygens (including phenoxy) is 2. The van der Waals surface area contributed by atoms with Crippen LogP contribution >= 0.6 is 0 Å². The SMILES string of the molecule is COc1ccc(B(O)O)cc1-c1cc(OC)c2ccnnc2c1. The molecule has 0 aliphatic heterocycles. The van der Waals surface area contributed by atoms with Crippen LogP contribution in [0.25, 0.3) is 22.0 Å². The van der Waals surface area contributed by atoms with Crippen molar-refractivity contribution in [1.29, 1.82) is 0 Å². The van der Waals surface area contributed by atoms with Gasteiger partial charge in [-0.25, -0.2) is 0 Å². The Morgan fingerprint density at radius 3 is 2.43 bits per heavy atom. The fraction of sp³-hybridized carbons (Fsp3) is 0.125. The molecule has 0 saturated heterocycles. The second-order valence-electron chi connectivity index (χ2n) is 4.98. The number of benzene rings is 2. The monoisotopic (exact) mass is 310 g/mol. The highest BCUT2D eigenvalue weighted by Gasteiger charge is 2.16. The van der Waals surface area contributed by atoms with Crippen LogP contribution < -0.4 is 14.9 Å². The molecule has 116 valence electrons. The molecule has 0 bridgehead atoms. The highest BCUT2D eigenvalue weighted by Crippen LogP contribution is 2.35. The van der Waals surface area contributed by atoms with Crippen molar-refractivity contribution in [3.63, 3.8) is 0 Å². The topological polar surface area (TPSA) is 84.7 Å². The molecule has 0 aliphatic rings. The maximum Gasteiger partial charge on any atom is 0.488 e. The Hall–Kier alpha value is -2.64. The van der Waals surface area contributed by atoms with Gasteiger partial charge in [0.15, 0.2) is 0 Å². The highest BCUT2D eigenvalue weighted by atomic mass is 16.5. The minimum Gasteiger partial charge on any atom is -0.496 e. The number of rotatable bonds is 4. The van der Waals surface area contributed by atoms with Crippen molar-refractivity contribution in [2.45, 2.75) is 0 Å². The molecule has 1 heterocycles. The Balaban J connectivity index is 2.25. The summed E-state index contributed by atoms with van der Waals surface area (Å²) in [5.74, 6) is 1.27. The molecule has 23 heavy (non-hydrogen) atoms. The number of methoxy groups -OCH3 is 2. The fourth-order valence-corrected chi connectivity index (χ4v) is 2.50. The lowest BCUT2D eigenvalue weighted by atomic mass is 9.79. The van der Waals surface area contributed by atoms with Crippen LogP contribution in [-0.2, 0) is 0 Å². The maximum absolute atomic E-state index is 9.40. The minimum absolute atomic E-state index is 0.374. The van der Waals surface area contributed by atoms with Crippen LogP contribution in [0, 0.1) is 0 Å². The lowest BCUT2D eigenvalue weighted by molar-refractivity contribution is 0.415. The largest absolute Gasteiger partial charge is 0.496 e. The van der Waals surface area contributed by atoms with E-state index in [0.717, 1.165) is 10.9 Å². The summed E-state index contributed by atoms with van der Waals surface area (Å²) in [5.41, 5.74) is 2.55. The predicted molar refractivity (Wildman–Crippen MR) is 87.9 cm³/mol. The average Bonchev–Trinajstić information content (AvgIpc) is 2.60. The standard InChI is InChI=1S/C16H15BN2O4/c1-22-15-4-3-11(17(20)21)9-13(15)10-7-14-12(5-6-18-19-14)16(8-10)23-2/h3-9,20-21H,1-2H3. The molecule has 0 spiro atoms. The molecule has 0 fully saturated rings. The Labute approximate surface area is 133 Å². The molecule has 0 unspecified atom stereocenters. The molecule has 3 aromatic rings. The van der Waals surface area contributed by atoms with E-state index < -0.39 is 7.12 Å². The average molecular weight is 310 g/mol. The normalized spacial score (nSPS) is 10.6. The molecule has 2 N–H and O–H groups in total. The lowest BCUT2D eigenvalue weighted by Crippen LogP contribution is -2.29. The summed E-state index contributed by atoms with van der Waals surface area (Å²) in [4.78, 5) is 0. The smallest absolute Gasteiger partial charge is 0.488 e. The van der Waals surface area contributed by atoms with Crippen LogP contribution in [0.2, 0.25) is 0 Å². The zero-order valence-electron chi connectivity index (χ0n) is 12.7. The van der Waals surface area contributed by atoms with E-state index in [1.165, 1.54) is 0 Å². The molecule has 0 atom stereocenters. The van der Waals surface area contributed by atoms with Crippen molar-refractivity contribution in [3.05, 3.63) is 42.6 Å². The summed E-state index contributed by atoms with van der Waals surface area (Å²) < 4.78 is 10.8. The van der Waals surface area contributed by atoms with Crippen LogP contribution in [0.4, 0.5) is 0 Å². The molecule has 0 aliphatic carbocycles. The van der Waals surface area contributed by atoms with Gasteiger partial charge in [0.2, 0.25) is 0 Å². The molecule has 1 aromatic heterocycles. The van der Waals surface area contributed by atoms with Crippen LogP contribution in [-0.4, -0.2) is 41.6 Å². The van der Waals surface area contributed by atoms with Crippen LogP contribution in [0.1, 0.15) is 0 Å². The first kappa shape index (κ1) is 15.3. The predicted octanol–water partition coefficient (Wildman–Crippen LogP) is 0.994. The van der Waals surface area contributed by atoms with Crippen LogP contribution in [0.15, 0.2) is 42.6 Å². The van der Waals surface area contributed by atoms with E-state index in [1.807, 2.05) is 18.2 Å². The molecule has 6 nitrogen and oxygen atoms in total. The van der Waals surface area contributed by atoms with Crippen molar-refractivity contribution in [1.82, 2.24) is 10.2 Å². The van der Waals surface area contributed by atoms with Gasteiger partial charge in [-0.1, -0.05) is 12.1 Å². The first-order chi connectivity index (χ1) is 11.1. The maximum atomic E-state index is 9.40. The Bertz CT molecular complexity index is 855. The lowest BCUT2D eigenvalue weighted by Gasteiger charge is -2.13. The van der Waals surface area contributed by atoms with E-state index in [1.54, 1.807) is 38.6 Å². The van der Waals surface area contributed by atoms with Gasteiger partial charge < -0.3 is 19.5 Å². The van der Waals surface area contributed by atoms with E-state index in [0.29, 0.717) is 28.0 Å². The van der Waals surface area contributed by atoms with Gasteiger partial charge in [-0.3, -0.25) is 0 Å². The molecule has 0 amide bonds.